The fraction of sp³-hybridized carbons (Fsp3) is 0.0800. The Kier molecular flexibility index (Phi) is 6.73. The number of halogens is 4. The molecule has 1 amide bonds. The Hall–Kier alpha value is -4.67. The second-order valence-electron chi connectivity index (χ2n) is 7.44. The van der Waals surface area contributed by atoms with Gasteiger partial charge < -0.3 is 10.1 Å². The molecule has 0 aliphatic carbocycles. The van der Waals surface area contributed by atoms with Crippen LogP contribution in [-0.2, 0) is 6.18 Å². The first-order chi connectivity index (χ1) is 17.2. The molecule has 11 heteroatoms. The van der Waals surface area contributed by atoms with Crippen LogP contribution in [0.3, 0.4) is 0 Å². The number of pyridine rings is 1. The molecule has 0 unspecified atom stereocenters. The molecule has 0 radical (unpaired) electrons. The first-order valence-electron chi connectivity index (χ1n) is 10.3. The Balaban J connectivity index is 1.50. The molecule has 0 saturated heterocycles. The van der Waals surface area contributed by atoms with Gasteiger partial charge >= 0.3 is 6.18 Å². The van der Waals surface area contributed by atoms with Gasteiger partial charge in [0, 0.05) is 23.0 Å². The summed E-state index contributed by atoms with van der Waals surface area (Å²) in [7, 11) is 1.53. The van der Waals surface area contributed by atoms with Gasteiger partial charge in [0.1, 0.15) is 17.3 Å². The van der Waals surface area contributed by atoms with Crippen LogP contribution < -0.4 is 10.1 Å². The van der Waals surface area contributed by atoms with E-state index < -0.39 is 34.8 Å². The number of benzene rings is 2. The lowest BCUT2D eigenvalue weighted by Crippen LogP contribution is -2.15. The maximum absolute atomic E-state index is 13.6. The number of methoxy groups -OCH3 is 1. The van der Waals surface area contributed by atoms with Crippen LogP contribution in [0.25, 0.3) is 11.3 Å². The molecule has 36 heavy (non-hydrogen) atoms. The fourth-order valence-corrected chi connectivity index (χ4v) is 3.25. The number of carbonyl (C=O) groups is 2. The highest BCUT2D eigenvalue weighted by molar-refractivity contribution is 6.09. The van der Waals surface area contributed by atoms with Crippen LogP contribution in [0.1, 0.15) is 32.1 Å². The summed E-state index contributed by atoms with van der Waals surface area (Å²) < 4.78 is 58.3. The van der Waals surface area contributed by atoms with Gasteiger partial charge in [0.15, 0.2) is 5.69 Å². The lowest BCUT2D eigenvalue weighted by atomic mass is 10.00. The molecular formula is C25H16F4N4O3. The maximum Gasteiger partial charge on any atom is 0.417 e. The van der Waals surface area contributed by atoms with Crippen molar-refractivity contribution < 1.29 is 31.9 Å². The minimum absolute atomic E-state index is 0.0418. The molecule has 0 spiro atoms. The third-order valence-corrected chi connectivity index (χ3v) is 5.07. The van der Waals surface area contributed by atoms with Gasteiger partial charge in [0.25, 0.3) is 5.91 Å². The monoisotopic (exact) mass is 496 g/mol. The number of rotatable bonds is 6. The first-order valence-corrected chi connectivity index (χ1v) is 10.3. The SMILES string of the molecule is COc1ccc(NC(=O)c2ccc(-c3ccc(C(=O)c4cc(F)ccc4C(F)(F)F)nc3)nn2)cc1. The number of hydrogen-bond acceptors (Lipinski definition) is 6. The number of nitrogens with zero attached hydrogens (tertiary/aromatic N) is 3. The fourth-order valence-electron chi connectivity index (χ4n) is 3.25. The third kappa shape index (κ3) is 5.35. The summed E-state index contributed by atoms with van der Waals surface area (Å²) in [5, 5.41) is 10.5. The number of ether oxygens (including phenoxy) is 1. The van der Waals surface area contributed by atoms with Crippen LogP contribution in [0, 0.1) is 5.82 Å². The van der Waals surface area contributed by atoms with Crippen LogP contribution in [0.2, 0.25) is 0 Å². The highest BCUT2D eigenvalue weighted by Crippen LogP contribution is 2.33. The van der Waals surface area contributed by atoms with Crippen molar-refractivity contribution in [3.63, 3.8) is 0 Å². The normalized spacial score (nSPS) is 11.1. The van der Waals surface area contributed by atoms with Crippen LogP contribution in [0.15, 0.2) is 72.9 Å². The second kappa shape index (κ2) is 9.90. The molecule has 2 heterocycles. The van der Waals surface area contributed by atoms with Crippen molar-refractivity contribution in [1.29, 1.82) is 0 Å². The molecule has 2 aromatic heterocycles. The van der Waals surface area contributed by atoms with Crippen LogP contribution in [-0.4, -0.2) is 34.0 Å². The lowest BCUT2D eigenvalue weighted by Gasteiger charge is -2.12. The molecule has 1 N–H and O–H groups in total. The highest BCUT2D eigenvalue weighted by Gasteiger charge is 2.35. The molecule has 4 aromatic rings. The predicted octanol–water partition coefficient (Wildman–Crippen LogP) is 5.19. The molecule has 7 nitrogen and oxygen atoms in total. The van der Waals surface area contributed by atoms with E-state index in [0.717, 1.165) is 0 Å². The number of carbonyl (C=O) groups excluding carboxylic acids is 2. The number of nitrogens with one attached hydrogen (secondary N) is 1. The zero-order valence-corrected chi connectivity index (χ0v) is 18.5. The van der Waals surface area contributed by atoms with E-state index in [1.165, 1.54) is 37.6 Å². The van der Waals surface area contributed by atoms with Crippen molar-refractivity contribution in [2.75, 3.05) is 12.4 Å². The van der Waals surface area contributed by atoms with Gasteiger partial charge in [0.05, 0.1) is 18.4 Å². The number of amides is 1. The van der Waals surface area contributed by atoms with Gasteiger partial charge in [0.2, 0.25) is 5.78 Å². The van der Waals surface area contributed by atoms with Gasteiger partial charge in [-0.3, -0.25) is 14.6 Å². The molecule has 0 atom stereocenters. The second-order valence-corrected chi connectivity index (χ2v) is 7.44. The summed E-state index contributed by atoms with van der Waals surface area (Å²) in [6.07, 6.45) is -3.61. The Bertz CT molecular complexity index is 1410. The molecular weight excluding hydrogens is 480 g/mol. The maximum atomic E-state index is 13.6. The molecule has 0 fully saturated rings. The van der Waals surface area contributed by atoms with E-state index >= 15 is 0 Å². The molecule has 4 rings (SSSR count). The number of hydrogen-bond donors (Lipinski definition) is 1. The van der Waals surface area contributed by atoms with Gasteiger partial charge in [-0.25, -0.2) is 4.39 Å². The quantitative estimate of drug-likeness (QED) is 0.292. The summed E-state index contributed by atoms with van der Waals surface area (Å²) in [5.74, 6) is -1.91. The van der Waals surface area contributed by atoms with Crippen molar-refractivity contribution in [1.82, 2.24) is 15.2 Å². The van der Waals surface area contributed by atoms with Crippen molar-refractivity contribution >= 4 is 17.4 Å². The van der Waals surface area contributed by atoms with E-state index in [0.29, 0.717) is 40.9 Å². The van der Waals surface area contributed by atoms with Crippen molar-refractivity contribution in [2.45, 2.75) is 6.18 Å². The Morgan fingerprint density at radius 3 is 2.19 bits per heavy atom. The molecule has 0 bridgehead atoms. The molecule has 182 valence electrons. The van der Waals surface area contributed by atoms with Crippen LogP contribution >= 0.6 is 0 Å². The smallest absolute Gasteiger partial charge is 0.417 e. The van der Waals surface area contributed by atoms with Crippen LogP contribution in [0.5, 0.6) is 5.75 Å². The van der Waals surface area contributed by atoms with Gasteiger partial charge in [-0.05, 0) is 66.7 Å². The van der Waals surface area contributed by atoms with Gasteiger partial charge in [-0.15, -0.1) is 10.2 Å². The van der Waals surface area contributed by atoms with Crippen molar-refractivity contribution in [2.24, 2.45) is 0 Å². The van der Waals surface area contributed by atoms with E-state index in [4.69, 9.17) is 4.74 Å². The Labute approximate surface area is 201 Å². The Morgan fingerprint density at radius 2 is 1.61 bits per heavy atom. The average molecular weight is 496 g/mol. The summed E-state index contributed by atoms with van der Waals surface area (Å²) in [6.45, 7) is 0. The summed E-state index contributed by atoms with van der Waals surface area (Å²) in [4.78, 5) is 28.9. The van der Waals surface area contributed by atoms with E-state index in [9.17, 15) is 27.2 Å². The number of anilines is 1. The van der Waals surface area contributed by atoms with E-state index in [1.54, 1.807) is 24.3 Å². The van der Waals surface area contributed by atoms with Crippen molar-refractivity contribution in [3.05, 3.63) is 101 Å². The number of alkyl halides is 3. The highest BCUT2D eigenvalue weighted by atomic mass is 19.4. The van der Waals surface area contributed by atoms with E-state index in [1.807, 2.05) is 0 Å². The molecule has 2 aromatic carbocycles. The molecule has 0 aliphatic heterocycles. The average Bonchev–Trinajstić information content (AvgIpc) is 2.88. The minimum Gasteiger partial charge on any atom is -0.497 e. The van der Waals surface area contributed by atoms with Gasteiger partial charge in [-0.2, -0.15) is 13.2 Å². The minimum atomic E-state index is -4.84. The molecule has 0 aliphatic rings. The predicted molar refractivity (Wildman–Crippen MR) is 121 cm³/mol. The zero-order valence-electron chi connectivity index (χ0n) is 18.5. The topological polar surface area (TPSA) is 94.1 Å². The largest absolute Gasteiger partial charge is 0.497 e. The summed E-state index contributed by atoms with van der Waals surface area (Å²) in [6, 6.07) is 13.9. The van der Waals surface area contributed by atoms with E-state index in [2.05, 4.69) is 20.5 Å². The standard InChI is InChI=1S/C25H16F4N4O3/c1-36-17-6-4-16(5-7-17)31-24(35)22-11-10-20(32-33-22)14-2-9-21(30-13-14)23(34)18-12-15(26)3-8-19(18)25(27,28)29/h2-13H,1H3,(H,31,35). The Morgan fingerprint density at radius 1 is 0.889 bits per heavy atom. The van der Waals surface area contributed by atoms with E-state index in [-0.39, 0.29) is 11.4 Å². The van der Waals surface area contributed by atoms with Crippen LogP contribution in [0.4, 0.5) is 23.2 Å². The third-order valence-electron chi connectivity index (χ3n) is 5.07. The summed E-state index contributed by atoms with van der Waals surface area (Å²) in [5.41, 5.74) is -1.12. The number of ketones is 1. The number of aromatic nitrogens is 3. The first kappa shape index (κ1) is 24.5. The van der Waals surface area contributed by atoms with Crippen molar-refractivity contribution in [3.8, 4) is 17.0 Å². The lowest BCUT2D eigenvalue weighted by molar-refractivity contribution is -0.137. The van der Waals surface area contributed by atoms with Gasteiger partial charge in [-0.1, -0.05) is 0 Å². The zero-order chi connectivity index (χ0) is 25.9. The molecule has 0 saturated carbocycles. The summed E-state index contributed by atoms with van der Waals surface area (Å²) >= 11 is 0.